The Kier molecular flexibility index (Phi) is 4.37. The van der Waals surface area contributed by atoms with E-state index in [1.165, 1.54) is 0 Å². The first-order chi connectivity index (χ1) is 9.13. The molecule has 0 spiro atoms. The second-order valence-corrected chi connectivity index (χ2v) is 5.24. The van der Waals surface area contributed by atoms with Crippen LogP contribution in [-0.2, 0) is 6.42 Å². The van der Waals surface area contributed by atoms with Crippen LogP contribution in [0.15, 0.2) is 18.3 Å². The fraction of sp³-hybridized carbons (Fsp3) is 0.571. The number of nitrogens with zero attached hydrogens (tertiary/aromatic N) is 3. The SMILES string of the molecule is CCc1cc(N[C@H](CO)CC(C)C)n2nccc2n1. The molecule has 0 unspecified atom stereocenters. The maximum Gasteiger partial charge on any atom is 0.157 e. The molecule has 1 atom stereocenters. The van der Waals surface area contributed by atoms with Crippen molar-refractivity contribution in [2.45, 2.75) is 39.7 Å². The average molecular weight is 262 g/mol. The molecule has 0 fully saturated rings. The largest absolute Gasteiger partial charge is 0.394 e. The van der Waals surface area contributed by atoms with Crippen molar-refractivity contribution in [1.29, 1.82) is 0 Å². The van der Waals surface area contributed by atoms with Crippen molar-refractivity contribution in [1.82, 2.24) is 14.6 Å². The van der Waals surface area contributed by atoms with Crippen LogP contribution in [0.3, 0.4) is 0 Å². The van der Waals surface area contributed by atoms with E-state index in [2.05, 4.69) is 36.2 Å². The van der Waals surface area contributed by atoms with Crippen LogP contribution in [0.4, 0.5) is 5.82 Å². The minimum Gasteiger partial charge on any atom is -0.394 e. The highest BCUT2D eigenvalue weighted by molar-refractivity contribution is 5.49. The minimum absolute atomic E-state index is 0.0412. The first-order valence-electron chi connectivity index (χ1n) is 6.85. The van der Waals surface area contributed by atoms with Gasteiger partial charge >= 0.3 is 0 Å². The molecule has 0 aliphatic heterocycles. The number of fused-ring (bicyclic) bond motifs is 1. The molecule has 2 heterocycles. The zero-order valence-electron chi connectivity index (χ0n) is 11.8. The molecule has 2 N–H and O–H groups in total. The molecule has 0 amide bonds. The van der Waals surface area contributed by atoms with Gasteiger partial charge in [-0.15, -0.1) is 0 Å². The Balaban J connectivity index is 2.29. The fourth-order valence-corrected chi connectivity index (χ4v) is 2.21. The summed E-state index contributed by atoms with van der Waals surface area (Å²) >= 11 is 0. The smallest absolute Gasteiger partial charge is 0.157 e. The van der Waals surface area contributed by atoms with E-state index in [0.29, 0.717) is 5.92 Å². The molecule has 0 aliphatic rings. The van der Waals surface area contributed by atoms with Gasteiger partial charge in [-0.05, 0) is 18.8 Å². The highest BCUT2D eigenvalue weighted by atomic mass is 16.3. The Morgan fingerprint density at radius 2 is 2.21 bits per heavy atom. The third-order valence-electron chi connectivity index (χ3n) is 3.10. The maximum atomic E-state index is 9.48. The van der Waals surface area contributed by atoms with Gasteiger partial charge in [0.25, 0.3) is 0 Å². The molecule has 5 nitrogen and oxygen atoms in total. The molecule has 0 radical (unpaired) electrons. The van der Waals surface area contributed by atoms with E-state index in [9.17, 15) is 5.11 Å². The summed E-state index contributed by atoms with van der Waals surface area (Å²) in [5.74, 6) is 1.43. The summed E-state index contributed by atoms with van der Waals surface area (Å²) in [6.45, 7) is 6.50. The fourth-order valence-electron chi connectivity index (χ4n) is 2.21. The van der Waals surface area contributed by atoms with E-state index in [4.69, 9.17) is 0 Å². The predicted octanol–water partition coefficient (Wildman–Crippen LogP) is 2.11. The molecule has 2 aromatic heterocycles. The zero-order valence-corrected chi connectivity index (χ0v) is 11.8. The normalized spacial score (nSPS) is 13.1. The monoisotopic (exact) mass is 262 g/mol. The Hall–Kier alpha value is -1.62. The summed E-state index contributed by atoms with van der Waals surface area (Å²) in [5, 5.41) is 17.1. The van der Waals surface area contributed by atoms with Crippen molar-refractivity contribution >= 4 is 11.5 Å². The molecule has 2 aromatic rings. The standard InChI is InChI=1S/C14H22N4O/c1-4-11-8-14(17-12(9-19)7-10(2)3)18-13(16-11)5-6-15-18/h5-6,8,10,12,17,19H,4,7,9H2,1-3H3/t12-/m0/s1. The Morgan fingerprint density at radius 3 is 2.84 bits per heavy atom. The number of aryl methyl sites for hydroxylation is 1. The number of hydrogen-bond donors (Lipinski definition) is 2. The van der Waals surface area contributed by atoms with Crippen molar-refractivity contribution in [3.8, 4) is 0 Å². The molecule has 2 rings (SSSR count). The summed E-state index contributed by atoms with van der Waals surface area (Å²) in [6.07, 6.45) is 3.54. The third kappa shape index (κ3) is 3.23. The van der Waals surface area contributed by atoms with Crippen LogP contribution >= 0.6 is 0 Å². The van der Waals surface area contributed by atoms with Crippen molar-refractivity contribution < 1.29 is 5.11 Å². The molecule has 0 bridgehead atoms. The number of hydrogen-bond acceptors (Lipinski definition) is 4. The highest BCUT2D eigenvalue weighted by Gasteiger charge is 2.13. The quantitative estimate of drug-likeness (QED) is 0.837. The number of aliphatic hydroxyl groups is 1. The molecule has 5 heteroatoms. The topological polar surface area (TPSA) is 62.5 Å². The van der Waals surface area contributed by atoms with E-state index >= 15 is 0 Å². The van der Waals surface area contributed by atoms with E-state index in [1.807, 2.05) is 12.1 Å². The predicted molar refractivity (Wildman–Crippen MR) is 76.3 cm³/mol. The van der Waals surface area contributed by atoms with Crippen molar-refractivity contribution in [3.05, 3.63) is 24.0 Å². The molecule has 0 saturated heterocycles. The van der Waals surface area contributed by atoms with Crippen molar-refractivity contribution in [2.24, 2.45) is 5.92 Å². The van der Waals surface area contributed by atoms with Gasteiger partial charge in [-0.1, -0.05) is 20.8 Å². The van der Waals surface area contributed by atoms with Crippen LogP contribution in [-0.4, -0.2) is 32.4 Å². The number of rotatable bonds is 6. The summed E-state index contributed by atoms with van der Waals surface area (Å²) in [4.78, 5) is 4.51. The second-order valence-electron chi connectivity index (χ2n) is 5.24. The van der Waals surface area contributed by atoms with E-state index in [1.54, 1.807) is 10.7 Å². The van der Waals surface area contributed by atoms with Gasteiger partial charge in [0, 0.05) is 17.8 Å². The van der Waals surface area contributed by atoms with Gasteiger partial charge in [-0.2, -0.15) is 9.61 Å². The summed E-state index contributed by atoms with van der Waals surface area (Å²) in [5.41, 5.74) is 1.86. The van der Waals surface area contributed by atoms with Gasteiger partial charge in [0.2, 0.25) is 0 Å². The summed E-state index contributed by atoms with van der Waals surface area (Å²) in [7, 11) is 0. The van der Waals surface area contributed by atoms with Gasteiger partial charge in [0.05, 0.1) is 18.8 Å². The lowest BCUT2D eigenvalue weighted by Gasteiger charge is -2.20. The first kappa shape index (κ1) is 13.8. The van der Waals surface area contributed by atoms with Crippen molar-refractivity contribution in [2.75, 3.05) is 11.9 Å². The van der Waals surface area contributed by atoms with Crippen LogP contribution in [0, 0.1) is 5.92 Å². The molecule has 0 saturated carbocycles. The maximum absolute atomic E-state index is 9.48. The van der Waals surface area contributed by atoms with Crippen LogP contribution in [0.5, 0.6) is 0 Å². The van der Waals surface area contributed by atoms with Crippen molar-refractivity contribution in [3.63, 3.8) is 0 Å². The second kappa shape index (κ2) is 6.02. The number of nitrogens with one attached hydrogen (secondary N) is 1. The third-order valence-corrected chi connectivity index (χ3v) is 3.10. The van der Waals surface area contributed by atoms with Gasteiger partial charge in [0.15, 0.2) is 5.65 Å². The number of aliphatic hydroxyl groups excluding tert-OH is 1. The average Bonchev–Trinajstić information content (AvgIpc) is 2.85. The van der Waals surface area contributed by atoms with Gasteiger partial charge in [-0.3, -0.25) is 0 Å². The molecule has 0 aliphatic carbocycles. The van der Waals surface area contributed by atoms with Gasteiger partial charge < -0.3 is 10.4 Å². The lowest BCUT2D eigenvalue weighted by molar-refractivity contribution is 0.259. The molecule has 19 heavy (non-hydrogen) atoms. The molecular weight excluding hydrogens is 240 g/mol. The molecule has 0 aromatic carbocycles. The van der Waals surface area contributed by atoms with Crippen LogP contribution in [0.1, 0.15) is 32.9 Å². The van der Waals surface area contributed by atoms with Crippen LogP contribution in [0.25, 0.3) is 5.65 Å². The Morgan fingerprint density at radius 1 is 1.42 bits per heavy atom. The number of aromatic nitrogens is 3. The number of anilines is 1. The first-order valence-corrected chi connectivity index (χ1v) is 6.85. The van der Waals surface area contributed by atoms with Crippen LogP contribution in [0.2, 0.25) is 0 Å². The minimum atomic E-state index is 0.0412. The van der Waals surface area contributed by atoms with Gasteiger partial charge in [0.1, 0.15) is 5.82 Å². The van der Waals surface area contributed by atoms with E-state index in [0.717, 1.165) is 30.0 Å². The Bertz CT molecular complexity index is 535. The molecular formula is C14H22N4O. The zero-order chi connectivity index (χ0) is 13.8. The highest BCUT2D eigenvalue weighted by Crippen LogP contribution is 2.16. The molecule has 104 valence electrons. The van der Waals surface area contributed by atoms with E-state index in [-0.39, 0.29) is 12.6 Å². The Labute approximate surface area is 113 Å². The summed E-state index contributed by atoms with van der Waals surface area (Å²) < 4.78 is 1.78. The lowest BCUT2D eigenvalue weighted by Crippen LogP contribution is -2.27. The summed E-state index contributed by atoms with van der Waals surface area (Å²) in [6, 6.07) is 3.93. The van der Waals surface area contributed by atoms with E-state index < -0.39 is 0 Å². The lowest BCUT2D eigenvalue weighted by atomic mass is 10.0. The van der Waals surface area contributed by atoms with Crippen LogP contribution < -0.4 is 5.32 Å². The van der Waals surface area contributed by atoms with Gasteiger partial charge in [-0.25, -0.2) is 4.98 Å².